The van der Waals surface area contributed by atoms with Gasteiger partial charge in [-0.3, -0.25) is 9.59 Å². The maximum absolute atomic E-state index is 13.0. The quantitative estimate of drug-likeness (QED) is 0.905. The van der Waals surface area contributed by atoms with Gasteiger partial charge in [0.2, 0.25) is 11.8 Å². The molecule has 2 amide bonds. The number of amides is 2. The van der Waals surface area contributed by atoms with Gasteiger partial charge in [-0.25, -0.2) is 4.39 Å². The molecular formula is C16H19FN2O2. The lowest BCUT2D eigenvalue weighted by Crippen LogP contribution is -2.68. The van der Waals surface area contributed by atoms with Crippen LogP contribution in [0, 0.1) is 5.82 Å². The highest BCUT2D eigenvalue weighted by atomic mass is 19.1. The normalized spacial score (nSPS) is 24.5. The minimum Gasteiger partial charge on any atom is -0.343 e. The molecule has 1 aromatic rings. The predicted octanol–water partition coefficient (Wildman–Crippen LogP) is 1.99. The van der Waals surface area contributed by atoms with Crippen molar-refractivity contribution in [3.8, 4) is 0 Å². The summed E-state index contributed by atoms with van der Waals surface area (Å²) in [5.74, 6) is -0.402. The van der Waals surface area contributed by atoms with Gasteiger partial charge in [0.25, 0.3) is 0 Å². The highest BCUT2D eigenvalue weighted by Crippen LogP contribution is 2.39. The van der Waals surface area contributed by atoms with Crippen LogP contribution < -0.4 is 5.32 Å². The monoisotopic (exact) mass is 290 g/mol. The van der Waals surface area contributed by atoms with E-state index in [1.54, 1.807) is 24.0 Å². The van der Waals surface area contributed by atoms with Crippen LogP contribution in [0.1, 0.15) is 38.2 Å². The molecule has 0 bridgehead atoms. The average Bonchev–Trinajstić information content (AvgIpc) is 2.95. The molecule has 21 heavy (non-hydrogen) atoms. The number of nitrogens with one attached hydrogen (secondary N) is 1. The molecule has 1 heterocycles. The van der Waals surface area contributed by atoms with Gasteiger partial charge >= 0.3 is 0 Å². The highest BCUT2D eigenvalue weighted by Gasteiger charge is 2.52. The third-order valence-corrected chi connectivity index (χ3v) is 4.61. The maximum atomic E-state index is 13.0. The van der Waals surface area contributed by atoms with E-state index in [9.17, 15) is 14.0 Å². The lowest BCUT2D eigenvalue weighted by atomic mass is 9.89. The Morgan fingerprint density at radius 1 is 1.24 bits per heavy atom. The Balaban J connectivity index is 1.92. The second-order valence-corrected chi connectivity index (χ2v) is 5.98. The van der Waals surface area contributed by atoms with E-state index < -0.39 is 11.6 Å². The van der Waals surface area contributed by atoms with Crippen molar-refractivity contribution in [1.29, 1.82) is 0 Å². The van der Waals surface area contributed by atoms with Crippen molar-refractivity contribution in [2.45, 2.75) is 50.7 Å². The van der Waals surface area contributed by atoms with Gasteiger partial charge in [0.05, 0.1) is 0 Å². The SMILES string of the molecule is CC1NC(=O)C2(CCCC2)N(Cc2ccc(F)cc2)C1=O. The molecule has 1 aliphatic heterocycles. The predicted molar refractivity (Wildman–Crippen MR) is 75.8 cm³/mol. The Labute approximate surface area is 123 Å². The summed E-state index contributed by atoms with van der Waals surface area (Å²) >= 11 is 0. The molecule has 2 aliphatic rings. The first-order valence-electron chi connectivity index (χ1n) is 7.40. The largest absolute Gasteiger partial charge is 0.343 e. The fourth-order valence-electron chi connectivity index (χ4n) is 3.42. The Hall–Kier alpha value is -1.91. The summed E-state index contributed by atoms with van der Waals surface area (Å²) in [6.07, 6.45) is 3.32. The number of rotatable bonds is 2. The van der Waals surface area contributed by atoms with E-state index in [2.05, 4.69) is 5.32 Å². The first-order valence-corrected chi connectivity index (χ1v) is 7.40. The van der Waals surface area contributed by atoms with Gasteiger partial charge in [-0.05, 0) is 37.5 Å². The first-order chi connectivity index (χ1) is 10.0. The van der Waals surface area contributed by atoms with E-state index in [0.29, 0.717) is 19.4 Å². The van der Waals surface area contributed by atoms with Gasteiger partial charge in [0, 0.05) is 6.54 Å². The van der Waals surface area contributed by atoms with Crippen molar-refractivity contribution >= 4 is 11.8 Å². The number of halogens is 1. The topological polar surface area (TPSA) is 49.4 Å². The lowest BCUT2D eigenvalue weighted by Gasteiger charge is -2.45. The minimum atomic E-state index is -0.710. The summed E-state index contributed by atoms with van der Waals surface area (Å²) < 4.78 is 13.0. The number of nitrogens with zero attached hydrogens (tertiary/aromatic N) is 1. The molecule has 1 aromatic carbocycles. The van der Waals surface area contributed by atoms with E-state index in [4.69, 9.17) is 0 Å². The fraction of sp³-hybridized carbons (Fsp3) is 0.500. The summed E-state index contributed by atoms with van der Waals surface area (Å²) in [6.45, 7) is 2.07. The van der Waals surface area contributed by atoms with Gasteiger partial charge in [-0.1, -0.05) is 25.0 Å². The zero-order valence-electron chi connectivity index (χ0n) is 12.1. The van der Waals surface area contributed by atoms with E-state index >= 15 is 0 Å². The van der Waals surface area contributed by atoms with Crippen LogP contribution >= 0.6 is 0 Å². The molecular weight excluding hydrogens is 271 g/mol. The lowest BCUT2D eigenvalue weighted by molar-refractivity contribution is -0.157. The molecule has 2 fully saturated rings. The molecule has 5 heteroatoms. The molecule has 1 saturated heterocycles. The summed E-state index contributed by atoms with van der Waals surface area (Å²) in [4.78, 5) is 26.7. The summed E-state index contributed by atoms with van der Waals surface area (Å²) in [7, 11) is 0. The number of hydrogen-bond donors (Lipinski definition) is 1. The summed E-state index contributed by atoms with van der Waals surface area (Å²) in [5, 5.41) is 2.80. The molecule has 4 nitrogen and oxygen atoms in total. The van der Waals surface area contributed by atoms with Crippen LogP contribution in [0.2, 0.25) is 0 Å². The van der Waals surface area contributed by atoms with Crippen LogP contribution in [0.15, 0.2) is 24.3 Å². The van der Waals surface area contributed by atoms with Crippen LogP contribution in [0.4, 0.5) is 4.39 Å². The van der Waals surface area contributed by atoms with Gasteiger partial charge in [-0.2, -0.15) is 0 Å². The van der Waals surface area contributed by atoms with Gasteiger partial charge in [0.1, 0.15) is 17.4 Å². The van der Waals surface area contributed by atoms with Crippen LogP contribution in [0.3, 0.4) is 0 Å². The Kier molecular flexibility index (Phi) is 3.43. The zero-order chi connectivity index (χ0) is 15.0. The van der Waals surface area contributed by atoms with Crippen molar-refractivity contribution in [1.82, 2.24) is 10.2 Å². The van der Waals surface area contributed by atoms with E-state index in [1.165, 1.54) is 12.1 Å². The smallest absolute Gasteiger partial charge is 0.246 e. The second kappa shape index (κ2) is 5.13. The molecule has 112 valence electrons. The molecule has 1 atom stereocenters. The van der Waals surface area contributed by atoms with Gasteiger partial charge in [-0.15, -0.1) is 0 Å². The van der Waals surface area contributed by atoms with E-state index in [0.717, 1.165) is 18.4 Å². The third kappa shape index (κ3) is 2.30. The first kappa shape index (κ1) is 14.0. The standard InChI is InChI=1S/C16H19FN2O2/c1-11-14(20)19(10-12-4-6-13(17)7-5-12)16(15(21)18-11)8-2-3-9-16/h4-7,11H,2-3,8-10H2,1H3,(H,18,21). The van der Waals surface area contributed by atoms with E-state index in [-0.39, 0.29) is 17.6 Å². The number of piperazine rings is 1. The average molecular weight is 290 g/mol. The van der Waals surface area contributed by atoms with Crippen molar-refractivity contribution < 1.29 is 14.0 Å². The minimum absolute atomic E-state index is 0.0470. The van der Waals surface area contributed by atoms with Crippen molar-refractivity contribution in [2.24, 2.45) is 0 Å². The number of carbonyl (C=O) groups is 2. The van der Waals surface area contributed by atoms with Crippen LogP contribution in [0.25, 0.3) is 0 Å². The van der Waals surface area contributed by atoms with Crippen molar-refractivity contribution in [3.05, 3.63) is 35.6 Å². The molecule has 1 spiro atoms. The van der Waals surface area contributed by atoms with Crippen molar-refractivity contribution in [3.63, 3.8) is 0 Å². The Morgan fingerprint density at radius 3 is 2.48 bits per heavy atom. The molecule has 1 saturated carbocycles. The molecule has 3 rings (SSSR count). The zero-order valence-corrected chi connectivity index (χ0v) is 12.1. The van der Waals surface area contributed by atoms with Crippen molar-refractivity contribution in [2.75, 3.05) is 0 Å². The summed E-state index contributed by atoms with van der Waals surface area (Å²) in [5.41, 5.74) is 0.135. The molecule has 1 aliphatic carbocycles. The summed E-state index contributed by atoms with van der Waals surface area (Å²) in [6, 6.07) is 5.61. The Bertz CT molecular complexity index is 564. The van der Waals surface area contributed by atoms with Crippen LogP contribution in [0.5, 0.6) is 0 Å². The molecule has 1 unspecified atom stereocenters. The van der Waals surface area contributed by atoms with E-state index in [1.807, 2.05) is 0 Å². The second-order valence-electron chi connectivity index (χ2n) is 5.98. The van der Waals surface area contributed by atoms with Gasteiger partial charge in [0.15, 0.2) is 0 Å². The molecule has 1 N–H and O–H groups in total. The maximum Gasteiger partial charge on any atom is 0.246 e. The third-order valence-electron chi connectivity index (χ3n) is 4.61. The Morgan fingerprint density at radius 2 is 1.86 bits per heavy atom. The number of carbonyl (C=O) groups excluding carboxylic acids is 2. The van der Waals surface area contributed by atoms with Gasteiger partial charge < -0.3 is 10.2 Å². The molecule has 0 aromatic heterocycles. The number of benzene rings is 1. The number of hydrogen-bond acceptors (Lipinski definition) is 2. The van der Waals surface area contributed by atoms with Crippen LogP contribution in [-0.4, -0.2) is 28.3 Å². The fourth-order valence-corrected chi connectivity index (χ4v) is 3.42. The highest BCUT2D eigenvalue weighted by molar-refractivity contribution is 5.99. The van der Waals surface area contributed by atoms with Crippen LogP contribution in [-0.2, 0) is 16.1 Å². The molecule has 0 radical (unpaired) electrons.